The van der Waals surface area contributed by atoms with Crippen LogP contribution in [0.25, 0.3) is 10.9 Å². The lowest BCUT2D eigenvalue weighted by molar-refractivity contribution is -0.383. The third-order valence-electron chi connectivity index (χ3n) is 4.37. The number of aromatic nitrogens is 1. The summed E-state index contributed by atoms with van der Waals surface area (Å²) in [6.45, 7) is 1.79. The number of amides is 1. The van der Waals surface area contributed by atoms with E-state index in [4.69, 9.17) is 5.73 Å². The van der Waals surface area contributed by atoms with Gasteiger partial charge in [0.1, 0.15) is 0 Å². The Hall–Kier alpha value is -2.70. The van der Waals surface area contributed by atoms with Crippen LogP contribution in [0, 0.1) is 23.0 Å². The fourth-order valence-electron chi connectivity index (χ4n) is 3.30. The summed E-state index contributed by atoms with van der Waals surface area (Å²) in [6, 6.07) is 6.69. The molecule has 2 aromatic rings. The molecule has 0 radical (unpaired) electrons. The van der Waals surface area contributed by atoms with Crippen molar-refractivity contribution in [3.8, 4) is 0 Å². The second-order valence-corrected chi connectivity index (χ2v) is 5.93. The highest BCUT2D eigenvalue weighted by Crippen LogP contribution is 2.33. The molecule has 1 aliphatic rings. The molecule has 0 bridgehead atoms. The highest BCUT2D eigenvalue weighted by Gasteiger charge is 2.32. The Morgan fingerprint density at radius 3 is 2.91 bits per heavy atom. The van der Waals surface area contributed by atoms with Crippen LogP contribution in [0.4, 0.5) is 11.4 Å². The molecule has 0 spiro atoms. The third kappa shape index (κ3) is 2.81. The van der Waals surface area contributed by atoms with Crippen molar-refractivity contribution in [2.24, 2.45) is 11.7 Å². The Balaban J connectivity index is 2.06. The molecule has 1 aliphatic carbocycles. The van der Waals surface area contributed by atoms with E-state index in [0.29, 0.717) is 16.6 Å². The fourth-order valence-corrected chi connectivity index (χ4v) is 3.30. The normalized spacial score (nSPS) is 20.6. The number of nitrogens with one attached hydrogen (secondary N) is 1. The van der Waals surface area contributed by atoms with Gasteiger partial charge in [-0.1, -0.05) is 18.6 Å². The van der Waals surface area contributed by atoms with Crippen molar-refractivity contribution in [2.75, 3.05) is 5.32 Å². The van der Waals surface area contributed by atoms with Crippen molar-refractivity contribution in [1.29, 1.82) is 0 Å². The highest BCUT2D eigenvalue weighted by molar-refractivity contribution is 5.97. The molecular formula is C16H18N4O3. The summed E-state index contributed by atoms with van der Waals surface area (Å²) in [6.07, 6.45) is 2.56. The van der Waals surface area contributed by atoms with Crippen LogP contribution in [0.2, 0.25) is 0 Å². The molecule has 1 heterocycles. The number of anilines is 1. The molecule has 1 amide bonds. The monoisotopic (exact) mass is 314 g/mol. The Labute approximate surface area is 133 Å². The molecular weight excluding hydrogens is 296 g/mol. The maximum atomic E-state index is 11.6. The zero-order valence-corrected chi connectivity index (χ0v) is 12.8. The van der Waals surface area contributed by atoms with Gasteiger partial charge < -0.3 is 11.1 Å². The van der Waals surface area contributed by atoms with Gasteiger partial charge in [0, 0.05) is 28.9 Å². The number of non-ortho nitro benzene ring substituents is 1. The number of nitro groups is 1. The molecule has 0 unspecified atom stereocenters. The molecule has 120 valence electrons. The van der Waals surface area contributed by atoms with E-state index in [0.717, 1.165) is 24.9 Å². The number of nitro benzene ring substituents is 1. The highest BCUT2D eigenvalue weighted by atomic mass is 16.6. The first-order chi connectivity index (χ1) is 11.0. The molecule has 7 nitrogen and oxygen atoms in total. The summed E-state index contributed by atoms with van der Waals surface area (Å²) in [7, 11) is 0. The number of hydrogen-bond acceptors (Lipinski definition) is 5. The zero-order valence-electron chi connectivity index (χ0n) is 12.8. The van der Waals surface area contributed by atoms with Crippen LogP contribution in [0.3, 0.4) is 0 Å². The van der Waals surface area contributed by atoms with E-state index in [1.807, 2.05) is 6.07 Å². The first-order valence-corrected chi connectivity index (χ1v) is 7.58. The number of rotatable bonds is 4. The minimum atomic E-state index is -0.430. The molecule has 1 aromatic carbocycles. The van der Waals surface area contributed by atoms with Crippen LogP contribution in [0.5, 0.6) is 0 Å². The smallest absolute Gasteiger partial charge is 0.295 e. The number of nitrogens with two attached hydrogens (primary N) is 1. The lowest BCUT2D eigenvalue weighted by atomic mass is 10.0. The van der Waals surface area contributed by atoms with Gasteiger partial charge in [-0.2, -0.15) is 0 Å². The second-order valence-electron chi connectivity index (χ2n) is 5.93. The number of primary amides is 1. The number of para-hydroxylation sites is 1. The van der Waals surface area contributed by atoms with Gasteiger partial charge in [0.25, 0.3) is 5.69 Å². The lowest BCUT2D eigenvalue weighted by Gasteiger charge is -2.21. The molecule has 0 saturated heterocycles. The van der Waals surface area contributed by atoms with Crippen molar-refractivity contribution in [1.82, 2.24) is 4.98 Å². The van der Waals surface area contributed by atoms with E-state index in [1.165, 1.54) is 6.07 Å². The Bertz CT molecular complexity index is 790. The third-order valence-corrected chi connectivity index (χ3v) is 4.37. The van der Waals surface area contributed by atoms with Crippen molar-refractivity contribution in [2.45, 2.75) is 32.2 Å². The van der Waals surface area contributed by atoms with E-state index in [1.54, 1.807) is 19.1 Å². The summed E-state index contributed by atoms with van der Waals surface area (Å²) in [5.74, 6) is -0.515. The van der Waals surface area contributed by atoms with Gasteiger partial charge in [-0.3, -0.25) is 14.9 Å². The molecule has 3 rings (SSSR count). The molecule has 7 heteroatoms. The summed E-state index contributed by atoms with van der Waals surface area (Å²) in [4.78, 5) is 26.6. The van der Waals surface area contributed by atoms with Crippen molar-refractivity contribution < 1.29 is 9.72 Å². The van der Waals surface area contributed by atoms with Crippen molar-refractivity contribution >= 4 is 28.2 Å². The Morgan fingerprint density at radius 1 is 1.43 bits per heavy atom. The average Bonchev–Trinajstić information content (AvgIpc) is 2.94. The molecule has 23 heavy (non-hydrogen) atoms. The van der Waals surface area contributed by atoms with Crippen molar-refractivity contribution in [3.63, 3.8) is 0 Å². The van der Waals surface area contributed by atoms with Crippen LogP contribution < -0.4 is 11.1 Å². The molecule has 1 aromatic heterocycles. The number of carbonyl (C=O) groups excluding carboxylic acids is 1. The largest absolute Gasteiger partial charge is 0.381 e. The number of nitrogens with zero attached hydrogens (tertiary/aromatic N) is 2. The predicted molar refractivity (Wildman–Crippen MR) is 87.1 cm³/mol. The number of aryl methyl sites for hydroxylation is 1. The second kappa shape index (κ2) is 5.83. The van der Waals surface area contributed by atoms with Gasteiger partial charge in [0.05, 0.1) is 10.8 Å². The molecule has 2 atom stereocenters. The van der Waals surface area contributed by atoms with E-state index in [-0.39, 0.29) is 23.6 Å². The fraction of sp³-hybridized carbons (Fsp3) is 0.375. The number of benzene rings is 1. The van der Waals surface area contributed by atoms with Crippen LogP contribution in [-0.2, 0) is 4.79 Å². The SMILES string of the molecule is Cc1cc(N[C@@H]2CCC[C@@H]2C(N)=O)c2cccc([N+](=O)[O-])c2n1. The minimum Gasteiger partial charge on any atom is -0.381 e. The van der Waals surface area contributed by atoms with Gasteiger partial charge >= 0.3 is 0 Å². The minimum absolute atomic E-state index is 0.0212. The van der Waals surface area contributed by atoms with E-state index < -0.39 is 4.92 Å². The Morgan fingerprint density at radius 2 is 2.22 bits per heavy atom. The summed E-state index contributed by atoms with van der Waals surface area (Å²) in [5, 5.41) is 15.2. The number of hydrogen-bond donors (Lipinski definition) is 2. The van der Waals surface area contributed by atoms with E-state index in [9.17, 15) is 14.9 Å². The number of carbonyl (C=O) groups is 1. The zero-order chi connectivity index (χ0) is 16.6. The van der Waals surface area contributed by atoms with Gasteiger partial charge in [-0.15, -0.1) is 0 Å². The molecule has 1 saturated carbocycles. The standard InChI is InChI=1S/C16H18N4O3/c1-9-8-13(19-12-6-2-5-11(12)16(17)21)10-4-3-7-14(20(22)23)15(10)18-9/h3-4,7-8,11-12H,2,5-6H2,1H3,(H2,17,21)(H,18,19)/t11-,12+/m0/s1. The first-order valence-electron chi connectivity index (χ1n) is 7.58. The van der Waals surface area contributed by atoms with Crippen LogP contribution >= 0.6 is 0 Å². The molecule has 1 fully saturated rings. The quantitative estimate of drug-likeness (QED) is 0.665. The topological polar surface area (TPSA) is 111 Å². The van der Waals surface area contributed by atoms with Gasteiger partial charge in [0.2, 0.25) is 5.91 Å². The van der Waals surface area contributed by atoms with Crippen molar-refractivity contribution in [3.05, 3.63) is 40.1 Å². The van der Waals surface area contributed by atoms with E-state index in [2.05, 4.69) is 10.3 Å². The summed E-state index contributed by atoms with van der Waals surface area (Å²) in [5.41, 5.74) is 7.24. The summed E-state index contributed by atoms with van der Waals surface area (Å²) < 4.78 is 0. The van der Waals surface area contributed by atoms with Crippen LogP contribution in [-0.4, -0.2) is 21.9 Å². The molecule has 3 N–H and O–H groups in total. The summed E-state index contributed by atoms with van der Waals surface area (Å²) >= 11 is 0. The van der Waals surface area contributed by atoms with Crippen LogP contribution in [0.15, 0.2) is 24.3 Å². The first kappa shape index (κ1) is 15.2. The predicted octanol–water partition coefficient (Wildman–Crippen LogP) is 2.52. The Kier molecular flexibility index (Phi) is 3.85. The number of pyridine rings is 1. The number of fused-ring (bicyclic) bond motifs is 1. The molecule has 0 aliphatic heterocycles. The van der Waals surface area contributed by atoms with Crippen LogP contribution in [0.1, 0.15) is 25.0 Å². The maximum absolute atomic E-state index is 11.6. The lowest BCUT2D eigenvalue weighted by Crippen LogP contribution is -2.34. The van der Waals surface area contributed by atoms with Gasteiger partial charge in [-0.05, 0) is 25.8 Å². The van der Waals surface area contributed by atoms with Gasteiger partial charge in [0.15, 0.2) is 5.52 Å². The van der Waals surface area contributed by atoms with Gasteiger partial charge in [-0.25, -0.2) is 4.98 Å². The maximum Gasteiger partial charge on any atom is 0.295 e. The van der Waals surface area contributed by atoms with E-state index >= 15 is 0 Å². The average molecular weight is 314 g/mol.